The molecule has 0 unspecified atom stereocenters. The average Bonchev–Trinajstić information content (AvgIpc) is 3.51. The van der Waals surface area contributed by atoms with Crippen molar-refractivity contribution in [2.45, 2.75) is 38.1 Å². The molecule has 3 aromatic rings. The fourth-order valence-electron chi connectivity index (χ4n) is 4.24. The molecule has 4 heterocycles. The van der Waals surface area contributed by atoms with Crippen LogP contribution in [0.25, 0.3) is 10.3 Å². The third-order valence-corrected chi connectivity index (χ3v) is 6.98. The number of nitrogens with zero attached hydrogens (tertiary/aromatic N) is 4. The van der Waals surface area contributed by atoms with E-state index >= 15 is 0 Å². The molecule has 32 heavy (non-hydrogen) atoms. The number of hydrogen-bond acceptors (Lipinski definition) is 7. The van der Waals surface area contributed by atoms with Gasteiger partial charge in [0.1, 0.15) is 5.69 Å². The first-order valence-electron chi connectivity index (χ1n) is 10.7. The van der Waals surface area contributed by atoms with Crippen LogP contribution < -0.4 is 15.5 Å². The van der Waals surface area contributed by atoms with Crippen LogP contribution in [-0.4, -0.2) is 51.2 Å². The van der Waals surface area contributed by atoms with Crippen LogP contribution in [0.15, 0.2) is 30.6 Å². The molecule has 5 rings (SSSR count). The summed E-state index contributed by atoms with van der Waals surface area (Å²) in [6, 6.07) is 5.28. The molecule has 3 aromatic heterocycles. The topological polar surface area (TPSA) is 120 Å². The van der Waals surface area contributed by atoms with Crippen LogP contribution in [0.4, 0.5) is 16.2 Å². The van der Waals surface area contributed by atoms with Gasteiger partial charge < -0.3 is 20.6 Å². The molecule has 166 valence electrons. The van der Waals surface area contributed by atoms with E-state index in [1.807, 2.05) is 12.1 Å². The van der Waals surface area contributed by atoms with Crippen LogP contribution in [0, 0.1) is 5.92 Å². The van der Waals surface area contributed by atoms with Crippen LogP contribution in [0.5, 0.6) is 0 Å². The summed E-state index contributed by atoms with van der Waals surface area (Å²) in [5.74, 6) is 0.523. The minimum atomic E-state index is -1.03. The molecule has 10 heteroatoms. The molecule has 1 saturated carbocycles. The number of amides is 2. The van der Waals surface area contributed by atoms with Crippen molar-refractivity contribution in [3.8, 4) is 0 Å². The number of hydrogen-bond donors (Lipinski definition) is 3. The summed E-state index contributed by atoms with van der Waals surface area (Å²) >= 11 is 1.65. The van der Waals surface area contributed by atoms with Crippen molar-refractivity contribution in [3.63, 3.8) is 0 Å². The van der Waals surface area contributed by atoms with E-state index in [1.54, 1.807) is 29.8 Å². The maximum atomic E-state index is 13.0. The van der Waals surface area contributed by atoms with Gasteiger partial charge in [0, 0.05) is 31.2 Å². The zero-order valence-corrected chi connectivity index (χ0v) is 18.4. The molecular weight excluding hydrogens is 428 g/mol. The lowest BCUT2D eigenvalue weighted by Gasteiger charge is -2.38. The maximum Gasteiger partial charge on any atom is 0.404 e. The fourth-order valence-corrected chi connectivity index (χ4v) is 5.32. The number of piperidine rings is 1. The lowest BCUT2D eigenvalue weighted by atomic mass is 9.95. The number of fused-ring (bicyclic) bond motifs is 1. The number of rotatable bonds is 5. The first-order chi connectivity index (χ1) is 15.5. The number of thiazole rings is 1. The Morgan fingerprint density at radius 2 is 2.03 bits per heavy atom. The highest BCUT2D eigenvalue weighted by molar-refractivity contribution is 7.18. The first-order valence-corrected chi connectivity index (χ1v) is 11.5. The van der Waals surface area contributed by atoms with Gasteiger partial charge in [-0.05, 0) is 43.4 Å². The summed E-state index contributed by atoms with van der Waals surface area (Å²) < 4.78 is 0.991. The predicted molar refractivity (Wildman–Crippen MR) is 123 cm³/mol. The molecule has 3 N–H and O–H groups in total. The molecular formula is C22H24N6O3S. The molecule has 0 aromatic carbocycles. The quantitative estimate of drug-likeness (QED) is 0.540. The molecule has 0 spiro atoms. The predicted octanol–water partition coefficient (Wildman–Crippen LogP) is 3.70. The zero-order valence-electron chi connectivity index (χ0n) is 17.6. The summed E-state index contributed by atoms with van der Waals surface area (Å²) in [5.41, 5.74) is 2.29. The second kappa shape index (κ2) is 8.34. The summed E-state index contributed by atoms with van der Waals surface area (Å²) in [6.07, 6.45) is 5.38. The number of pyridine rings is 2. The Bertz CT molecular complexity index is 1180. The molecule has 0 radical (unpaired) electrons. The Balaban J connectivity index is 1.36. The van der Waals surface area contributed by atoms with Gasteiger partial charge in [0.15, 0.2) is 5.65 Å². The average molecular weight is 453 g/mol. The highest BCUT2D eigenvalue weighted by Gasteiger charge is 2.29. The van der Waals surface area contributed by atoms with Gasteiger partial charge in [-0.3, -0.25) is 9.78 Å². The molecule has 1 saturated heterocycles. The van der Waals surface area contributed by atoms with Crippen molar-refractivity contribution in [2.24, 2.45) is 5.92 Å². The monoisotopic (exact) mass is 452 g/mol. The van der Waals surface area contributed by atoms with Crippen molar-refractivity contribution < 1.29 is 14.7 Å². The highest BCUT2D eigenvalue weighted by Crippen LogP contribution is 2.43. The molecule has 2 atom stereocenters. The van der Waals surface area contributed by atoms with E-state index < -0.39 is 6.09 Å². The molecule has 1 aliphatic carbocycles. The minimum Gasteiger partial charge on any atom is -0.465 e. The molecule has 2 fully saturated rings. The van der Waals surface area contributed by atoms with Gasteiger partial charge in [0.25, 0.3) is 5.91 Å². The molecule has 2 amide bonds. The number of aromatic nitrogens is 3. The van der Waals surface area contributed by atoms with Gasteiger partial charge in [-0.1, -0.05) is 6.92 Å². The van der Waals surface area contributed by atoms with E-state index in [9.17, 15) is 9.59 Å². The lowest BCUT2D eigenvalue weighted by molar-refractivity contribution is 0.102. The van der Waals surface area contributed by atoms with Gasteiger partial charge in [-0.2, -0.15) is 0 Å². The SMILES string of the molecule is C[C@@H]1C[C@H](NC(=O)O)CN(c2ccncc2NC(=O)c2ccc3sc(C4CC4)nc3n2)C1. The summed E-state index contributed by atoms with van der Waals surface area (Å²) in [5, 5.41) is 15.7. The van der Waals surface area contributed by atoms with Crippen molar-refractivity contribution in [1.82, 2.24) is 20.3 Å². The number of nitrogens with one attached hydrogen (secondary N) is 2. The van der Waals surface area contributed by atoms with Gasteiger partial charge in [0.2, 0.25) is 0 Å². The van der Waals surface area contributed by atoms with E-state index in [2.05, 4.69) is 37.4 Å². The third kappa shape index (κ3) is 4.36. The Labute approximate surface area is 188 Å². The van der Waals surface area contributed by atoms with E-state index in [1.165, 1.54) is 12.8 Å². The van der Waals surface area contributed by atoms with Crippen LogP contribution >= 0.6 is 11.3 Å². The second-order valence-corrected chi connectivity index (χ2v) is 9.65. The number of carbonyl (C=O) groups is 2. The largest absolute Gasteiger partial charge is 0.465 e. The first kappa shape index (κ1) is 20.6. The third-order valence-electron chi connectivity index (χ3n) is 5.80. The van der Waals surface area contributed by atoms with Crippen LogP contribution in [0.2, 0.25) is 0 Å². The summed E-state index contributed by atoms with van der Waals surface area (Å²) in [4.78, 5) is 39.4. The second-order valence-electron chi connectivity index (χ2n) is 8.58. The van der Waals surface area contributed by atoms with Gasteiger partial charge >= 0.3 is 6.09 Å². The molecule has 1 aliphatic heterocycles. The number of carboxylic acid groups (broad SMARTS) is 1. The number of carbonyl (C=O) groups excluding carboxylic acids is 1. The van der Waals surface area contributed by atoms with Gasteiger partial charge in [-0.15, -0.1) is 11.3 Å². The van der Waals surface area contributed by atoms with Crippen LogP contribution in [-0.2, 0) is 0 Å². The van der Waals surface area contributed by atoms with Crippen molar-refractivity contribution >= 4 is 45.1 Å². The lowest BCUT2D eigenvalue weighted by Crippen LogP contribution is -2.50. The Hall–Kier alpha value is -3.27. The van der Waals surface area contributed by atoms with Crippen molar-refractivity contribution in [1.29, 1.82) is 0 Å². The smallest absolute Gasteiger partial charge is 0.404 e. The molecule has 2 aliphatic rings. The maximum absolute atomic E-state index is 13.0. The standard InChI is InChI=1S/C22H24N6O3S/c1-12-8-14(24-22(30)31)11-28(10-12)17-6-7-23-9-16(17)26-20(29)15-4-5-18-19(25-15)27-21(32-18)13-2-3-13/h4-7,9,12-14,24H,2-3,8,10-11H2,1H3,(H,26,29)(H,30,31)/t12-,14+/m1/s1. The Morgan fingerprint density at radius 3 is 2.81 bits per heavy atom. The Morgan fingerprint density at radius 1 is 1.19 bits per heavy atom. The number of anilines is 2. The van der Waals surface area contributed by atoms with Crippen LogP contribution in [0.1, 0.15) is 47.6 Å². The Kier molecular flexibility index (Phi) is 5.38. The normalized spacial score (nSPS) is 20.8. The van der Waals surface area contributed by atoms with E-state index in [0.717, 1.165) is 28.4 Å². The fraction of sp³-hybridized carbons (Fsp3) is 0.409. The molecule has 0 bridgehead atoms. The highest BCUT2D eigenvalue weighted by atomic mass is 32.1. The molecule has 9 nitrogen and oxygen atoms in total. The van der Waals surface area contributed by atoms with E-state index in [0.29, 0.717) is 35.4 Å². The van der Waals surface area contributed by atoms with E-state index in [4.69, 9.17) is 5.11 Å². The summed E-state index contributed by atoms with van der Waals surface area (Å²) in [7, 11) is 0. The summed E-state index contributed by atoms with van der Waals surface area (Å²) in [6.45, 7) is 3.37. The minimum absolute atomic E-state index is 0.178. The van der Waals surface area contributed by atoms with Gasteiger partial charge in [0.05, 0.1) is 27.3 Å². The van der Waals surface area contributed by atoms with Crippen molar-refractivity contribution in [2.75, 3.05) is 23.3 Å². The van der Waals surface area contributed by atoms with Crippen molar-refractivity contribution in [3.05, 3.63) is 41.3 Å². The van der Waals surface area contributed by atoms with E-state index in [-0.39, 0.29) is 11.9 Å². The van der Waals surface area contributed by atoms with Gasteiger partial charge in [-0.25, -0.2) is 14.8 Å². The van der Waals surface area contributed by atoms with Crippen LogP contribution in [0.3, 0.4) is 0 Å². The zero-order chi connectivity index (χ0) is 22.2.